The zero-order chi connectivity index (χ0) is 23.0. The second-order valence-electron chi connectivity index (χ2n) is 7.09. The largest absolute Gasteiger partial charge is 0.416 e. The van der Waals surface area contributed by atoms with Crippen molar-refractivity contribution in [1.82, 2.24) is 14.5 Å². The number of ether oxygens (including phenoxy) is 1. The van der Waals surface area contributed by atoms with Gasteiger partial charge in [-0.05, 0) is 43.5 Å². The second-order valence-corrected chi connectivity index (χ2v) is 7.09. The Balaban J connectivity index is 1.91. The van der Waals surface area contributed by atoms with Crippen LogP contribution in [0.15, 0.2) is 27.8 Å². The molecule has 0 spiro atoms. The number of benzene rings is 1. The van der Waals surface area contributed by atoms with Gasteiger partial charge in [0.1, 0.15) is 0 Å². The molecule has 7 nitrogen and oxygen atoms in total. The van der Waals surface area contributed by atoms with E-state index in [1.807, 2.05) is 0 Å². The van der Waals surface area contributed by atoms with E-state index in [2.05, 4.69) is 15.3 Å². The summed E-state index contributed by atoms with van der Waals surface area (Å²) in [5.41, 5.74) is -4.96. The summed E-state index contributed by atoms with van der Waals surface area (Å²) in [6, 6.07) is -0.403. The number of anilines is 1. The molecule has 1 aromatic carbocycles. The molecular formula is C18H18F6N4O3. The lowest BCUT2D eigenvalue weighted by atomic mass is 10.0. The first-order chi connectivity index (χ1) is 14.4. The number of alkyl halides is 6. The molecule has 0 amide bonds. The van der Waals surface area contributed by atoms with E-state index in [9.17, 15) is 35.9 Å². The van der Waals surface area contributed by atoms with Crippen LogP contribution in [0.25, 0.3) is 0 Å². The molecule has 1 saturated heterocycles. The quantitative estimate of drug-likeness (QED) is 0.694. The lowest BCUT2D eigenvalue weighted by Gasteiger charge is -2.23. The Morgan fingerprint density at radius 2 is 1.61 bits per heavy atom. The molecule has 3 rings (SSSR count). The minimum atomic E-state index is -4.99. The summed E-state index contributed by atoms with van der Waals surface area (Å²) in [4.78, 5) is 30.6. The SMILES string of the molecule is C[C@H](Nc1nc(=O)n(C2CCOCC2)c(=O)[nH]1)c1cc(C(F)(F)F)cc(C(F)(F)F)c1. The van der Waals surface area contributed by atoms with E-state index >= 15 is 0 Å². The first kappa shape index (κ1) is 22.8. The Morgan fingerprint density at radius 3 is 2.10 bits per heavy atom. The maximum absolute atomic E-state index is 13.1. The van der Waals surface area contributed by atoms with Gasteiger partial charge in [-0.1, -0.05) is 0 Å². The van der Waals surface area contributed by atoms with Gasteiger partial charge in [-0.25, -0.2) is 14.2 Å². The van der Waals surface area contributed by atoms with E-state index in [0.29, 0.717) is 38.2 Å². The van der Waals surface area contributed by atoms with Gasteiger partial charge in [0.25, 0.3) is 0 Å². The van der Waals surface area contributed by atoms with Gasteiger partial charge >= 0.3 is 23.7 Å². The fourth-order valence-corrected chi connectivity index (χ4v) is 3.28. The normalized spacial score (nSPS) is 16.9. The smallest absolute Gasteiger partial charge is 0.381 e. The number of H-pyrrole nitrogens is 1. The summed E-state index contributed by atoms with van der Waals surface area (Å²) < 4.78 is 84.4. The number of aromatic nitrogens is 3. The van der Waals surface area contributed by atoms with Gasteiger partial charge in [0, 0.05) is 19.3 Å². The van der Waals surface area contributed by atoms with Crippen LogP contribution >= 0.6 is 0 Å². The molecule has 1 atom stereocenters. The number of hydrogen-bond acceptors (Lipinski definition) is 5. The molecule has 1 aliphatic heterocycles. The molecule has 1 aliphatic rings. The van der Waals surface area contributed by atoms with Crippen LogP contribution in [0.1, 0.15) is 48.5 Å². The van der Waals surface area contributed by atoms with Crippen molar-refractivity contribution in [3.05, 3.63) is 55.9 Å². The lowest BCUT2D eigenvalue weighted by molar-refractivity contribution is -0.143. The van der Waals surface area contributed by atoms with E-state index in [0.717, 1.165) is 4.57 Å². The van der Waals surface area contributed by atoms with E-state index in [-0.39, 0.29) is 17.6 Å². The van der Waals surface area contributed by atoms with E-state index in [1.54, 1.807) is 0 Å². The topological polar surface area (TPSA) is 89.0 Å². The molecule has 0 saturated carbocycles. The molecule has 2 aromatic rings. The number of rotatable bonds is 4. The molecule has 13 heteroatoms. The molecule has 1 fully saturated rings. The van der Waals surface area contributed by atoms with Crippen LogP contribution in [0.2, 0.25) is 0 Å². The van der Waals surface area contributed by atoms with Gasteiger partial charge in [0.05, 0.1) is 17.2 Å². The van der Waals surface area contributed by atoms with Crippen molar-refractivity contribution < 1.29 is 31.1 Å². The van der Waals surface area contributed by atoms with Gasteiger partial charge in [0.15, 0.2) is 0 Å². The average Bonchev–Trinajstić information content (AvgIpc) is 2.66. The minimum absolute atomic E-state index is 0.0193. The Kier molecular flexibility index (Phi) is 6.16. The van der Waals surface area contributed by atoms with Crippen molar-refractivity contribution in [1.29, 1.82) is 0 Å². The van der Waals surface area contributed by atoms with Crippen molar-refractivity contribution in [3.63, 3.8) is 0 Å². The third kappa shape index (κ3) is 5.27. The summed E-state index contributed by atoms with van der Waals surface area (Å²) in [6.07, 6.45) is -9.13. The van der Waals surface area contributed by atoms with E-state index in [1.165, 1.54) is 6.92 Å². The summed E-state index contributed by atoms with van der Waals surface area (Å²) in [6.45, 7) is 2.01. The number of aromatic amines is 1. The Morgan fingerprint density at radius 1 is 1.06 bits per heavy atom. The van der Waals surface area contributed by atoms with Crippen molar-refractivity contribution in [2.24, 2.45) is 0 Å². The predicted octanol–water partition coefficient (Wildman–Crippen LogP) is 3.49. The van der Waals surface area contributed by atoms with Crippen molar-refractivity contribution in [2.45, 2.75) is 44.2 Å². The van der Waals surface area contributed by atoms with Gasteiger partial charge in [-0.3, -0.25) is 4.98 Å². The van der Waals surface area contributed by atoms with Crippen LogP contribution < -0.4 is 16.7 Å². The zero-order valence-corrected chi connectivity index (χ0v) is 16.1. The van der Waals surface area contributed by atoms with Gasteiger partial charge < -0.3 is 10.1 Å². The molecule has 2 N–H and O–H groups in total. The number of nitrogens with one attached hydrogen (secondary N) is 2. The second kappa shape index (κ2) is 8.36. The molecular weight excluding hydrogens is 434 g/mol. The summed E-state index contributed by atoms with van der Waals surface area (Å²) >= 11 is 0. The van der Waals surface area contributed by atoms with Crippen molar-refractivity contribution in [3.8, 4) is 0 Å². The fourth-order valence-electron chi connectivity index (χ4n) is 3.28. The molecule has 1 aromatic heterocycles. The van der Waals surface area contributed by atoms with Crippen molar-refractivity contribution >= 4 is 5.95 Å². The molecule has 0 unspecified atom stereocenters. The number of hydrogen-bond donors (Lipinski definition) is 2. The first-order valence-corrected chi connectivity index (χ1v) is 9.23. The Hall–Kier alpha value is -2.83. The lowest BCUT2D eigenvalue weighted by Crippen LogP contribution is -2.42. The number of halogens is 6. The highest BCUT2D eigenvalue weighted by Crippen LogP contribution is 2.37. The predicted molar refractivity (Wildman–Crippen MR) is 96.7 cm³/mol. The number of nitrogens with zero attached hydrogens (tertiary/aromatic N) is 2. The molecule has 0 aliphatic carbocycles. The summed E-state index contributed by atoms with van der Waals surface area (Å²) in [5.74, 6) is -0.364. The highest BCUT2D eigenvalue weighted by atomic mass is 19.4. The van der Waals surface area contributed by atoms with Gasteiger partial charge in [0.2, 0.25) is 5.95 Å². The molecule has 0 radical (unpaired) electrons. The van der Waals surface area contributed by atoms with Crippen LogP contribution in [-0.4, -0.2) is 27.7 Å². The molecule has 170 valence electrons. The van der Waals surface area contributed by atoms with Gasteiger partial charge in [-0.15, -0.1) is 0 Å². The van der Waals surface area contributed by atoms with Crippen LogP contribution in [0.3, 0.4) is 0 Å². The standard InChI is InChI=1S/C18H18F6N4O3/c1-9(10-6-11(17(19,20)21)8-12(7-10)18(22,23)24)25-14-26-15(29)28(16(30)27-14)13-2-4-31-5-3-13/h6-9,13H,2-5H2,1H3,(H2,25,26,27,29,30)/t9-/m0/s1. The van der Waals surface area contributed by atoms with Crippen LogP contribution in [0.4, 0.5) is 32.3 Å². The van der Waals surface area contributed by atoms with Crippen LogP contribution in [-0.2, 0) is 17.1 Å². The minimum Gasteiger partial charge on any atom is -0.381 e. The maximum Gasteiger partial charge on any atom is 0.416 e. The third-order valence-electron chi connectivity index (χ3n) is 4.88. The molecule has 0 bridgehead atoms. The van der Waals surface area contributed by atoms with Crippen LogP contribution in [0, 0.1) is 0 Å². The van der Waals surface area contributed by atoms with Crippen molar-refractivity contribution in [2.75, 3.05) is 18.5 Å². The van der Waals surface area contributed by atoms with Crippen LogP contribution in [0.5, 0.6) is 0 Å². The van der Waals surface area contributed by atoms with Gasteiger partial charge in [-0.2, -0.15) is 31.3 Å². The van der Waals surface area contributed by atoms with E-state index < -0.39 is 46.9 Å². The highest BCUT2D eigenvalue weighted by Gasteiger charge is 2.37. The summed E-state index contributed by atoms with van der Waals surface area (Å²) in [7, 11) is 0. The fraction of sp³-hybridized carbons (Fsp3) is 0.500. The highest BCUT2D eigenvalue weighted by molar-refractivity contribution is 5.38. The Labute approximate surface area is 171 Å². The Bertz CT molecular complexity index is 990. The average molecular weight is 452 g/mol. The van der Waals surface area contributed by atoms with E-state index in [4.69, 9.17) is 4.74 Å². The third-order valence-corrected chi connectivity index (χ3v) is 4.88. The molecule has 2 heterocycles. The first-order valence-electron chi connectivity index (χ1n) is 9.23. The summed E-state index contributed by atoms with van der Waals surface area (Å²) in [5, 5.41) is 2.49. The maximum atomic E-state index is 13.1. The molecule has 31 heavy (non-hydrogen) atoms. The monoisotopic (exact) mass is 452 g/mol. The zero-order valence-electron chi connectivity index (χ0n) is 16.1.